The number of fused-ring (bicyclic) bond motifs is 3. The lowest BCUT2D eigenvalue weighted by Gasteiger charge is -2.21. The minimum Gasteiger partial charge on any atom is -0.497 e. The molecule has 7 nitrogen and oxygen atoms in total. The lowest BCUT2D eigenvalue weighted by atomic mass is 9.93. The number of pyridine rings is 1. The van der Waals surface area contributed by atoms with Crippen LogP contribution < -0.4 is 10.1 Å². The number of nitrogens with one attached hydrogen (secondary N) is 1. The number of hydrogen-bond donors (Lipinski definition) is 1. The summed E-state index contributed by atoms with van der Waals surface area (Å²) in [4.78, 5) is 17.2. The molecule has 7 heteroatoms. The Labute approximate surface area is 190 Å². The van der Waals surface area contributed by atoms with Crippen LogP contribution >= 0.6 is 0 Å². The Hall–Kier alpha value is -4.13. The van der Waals surface area contributed by atoms with Crippen LogP contribution in [0.15, 0.2) is 71.4 Å². The lowest BCUT2D eigenvalue weighted by Crippen LogP contribution is -2.38. The minimum absolute atomic E-state index is 0.0325. The van der Waals surface area contributed by atoms with Crippen LogP contribution in [0.1, 0.15) is 28.2 Å². The molecule has 0 aliphatic heterocycles. The Balaban J connectivity index is 1.24. The Kier molecular flexibility index (Phi) is 4.61. The molecule has 5 aromatic rings. The Morgan fingerprint density at radius 2 is 2.09 bits per heavy atom. The summed E-state index contributed by atoms with van der Waals surface area (Å²) < 4.78 is 13.0. The van der Waals surface area contributed by atoms with Gasteiger partial charge >= 0.3 is 0 Å². The van der Waals surface area contributed by atoms with Crippen LogP contribution in [0, 0.1) is 0 Å². The highest BCUT2D eigenvalue weighted by Gasteiger charge is 2.25. The average Bonchev–Trinajstić information content (AvgIpc) is 3.47. The zero-order valence-corrected chi connectivity index (χ0v) is 18.1. The number of amides is 1. The summed E-state index contributed by atoms with van der Waals surface area (Å²) in [5.41, 5.74) is 4.77. The van der Waals surface area contributed by atoms with Crippen molar-refractivity contribution in [1.82, 2.24) is 20.1 Å². The van der Waals surface area contributed by atoms with Gasteiger partial charge in [0.15, 0.2) is 5.76 Å². The van der Waals surface area contributed by atoms with E-state index in [1.807, 2.05) is 53.2 Å². The van der Waals surface area contributed by atoms with Gasteiger partial charge in [-0.2, -0.15) is 5.10 Å². The summed E-state index contributed by atoms with van der Waals surface area (Å²) >= 11 is 0. The molecule has 1 aliphatic carbocycles. The number of para-hydroxylation sites is 1. The molecule has 0 fully saturated rings. The van der Waals surface area contributed by atoms with Gasteiger partial charge in [0.25, 0.3) is 5.91 Å². The number of rotatable bonds is 4. The van der Waals surface area contributed by atoms with Crippen molar-refractivity contribution in [1.29, 1.82) is 0 Å². The Morgan fingerprint density at radius 3 is 2.97 bits per heavy atom. The highest BCUT2D eigenvalue weighted by Crippen LogP contribution is 2.28. The van der Waals surface area contributed by atoms with E-state index in [0.717, 1.165) is 63.8 Å². The maximum Gasteiger partial charge on any atom is 0.287 e. The third-order valence-electron chi connectivity index (χ3n) is 6.23. The number of nitrogens with zero attached hydrogens (tertiary/aromatic N) is 3. The fourth-order valence-corrected chi connectivity index (χ4v) is 4.54. The summed E-state index contributed by atoms with van der Waals surface area (Å²) in [6.07, 6.45) is 6.22. The topological polar surface area (TPSA) is 82.2 Å². The largest absolute Gasteiger partial charge is 0.497 e. The van der Waals surface area contributed by atoms with Gasteiger partial charge in [-0.05, 0) is 61.2 Å². The molecular weight excluding hydrogens is 416 g/mol. The van der Waals surface area contributed by atoms with Gasteiger partial charge in [-0.3, -0.25) is 9.78 Å². The first-order valence-corrected chi connectivity index (χ1v) is 11.0. The monoisotopic (exact) mass is 438 g/mol. The van der Waals surface area contributed by atoms with E-state index in [1.165, 1.54) is 0 Å². The maximum absolute atomic E-state index is 12.8. The molecule has 1 aliphatic rings. The highest BCUT2D eigenvalue weighted by molar-refractivity contribution is 5.96. The van der Waals surface area contributed by atoms with E-state index in [1.54, 1.807) is 19.4 Å². The molecule has 2 aromatic carbocycles. The van der Waals surface area contributed by atoms with Crippen molar-refractivity contribution in [2.24, 2.45) is 0 Å². The second kappa shape index (κ2) is 7.78. The first-order chi connectivity index (χ1) is 16.2. The molecule has 3 aromatic heterocycles. The number of benzene rings is 2. The normalized spacial score (nSPS) is 15.5. The Bertz CT molecular complexity index is 1470. The molecule has 1 unspecified atom stereocenters. The summed E-state index contributed by atoms with van der Waals surface area (Å²) in [7, 11) is 1.66. The molecule has 0 bridgehead atoms. The third-order valence-corrected chi connectivity index (χ3v) is 6.23. The summed E-state index contributed by atoms with van der Waals surface area (Å²) in [5.74, 6) is 0.941. The molecule has 1 N–H and O–H groups in total. The van der Waals surface area contributed by atoms with Crippen molar-refractivity contribution in [2.45, 2.75) is 25.3 Å². The quantitative estimate of drug-likeness (QED) is 0.448. The van der Waals surface area contributed by atoms with Crippen molar-refractivity contribution in [2.75, 3.05) is 7.11 Å². The molecule has 6 rings (SSSR count). The fraction of sp³-hybridized carbons (Fsp3) is 0.192. The van der Waals surface area contributed by atoms with Crippen LogP contribution in [0.2, 0.25) is 0 Å². The van der Waals surface area contributed by atoms with Gasteiger partial charge in [0.1, 0.15) is 11.3 Å². The van der Waals surface area contributed by atoms with Gasteiger partial charge in [-0.15, -0.1) is 0 Å². The van der Waals surface area contributed by atoms with Crippen molar-refractivity contribution < 1.29 is 13.9 Å². The van der Waals surface area contributed by atoms with Gasteiger partial charge in [0, 0.05) is 29.2 Å². The molecule has 0 saturated heterocycles. The van der Waals surface area contributed by atoms with Crippen molar-refractivity contribution in [3.05, 3.63) is 84.0 Å². The smallest absolute Gasteiger partial charge is 0.287 e. The number of aromatic nitrogens is 3. The zero-order chi connectivity index (χ0) is 22.4. The van der Waals surface area contributed by atoms with E-state index in [9.17, 15) is 4.79 Å². The lowest BCUT2D eigenvalue weighted by molar-refractivity contribution is 0.0907. The predicted octanol–water partition coefficient (Wildman–Crippen LogP) is 4.46. The molecule has 1 atom stereocenters. The molecular formula is C26H22N4O3. The summed E-state index contributed by atoms with van der Waals surface area (Å²) in [5, 5.41) is 9.88. The second-order valence-electron chi connectivity index (χ2n) is 8.32. The van der Waals surface area contributed by atoms with Crippen LogP contribution in [-0.2, 0) is 12.8 Å². The van der Waals surface area contributed by atoms with Crippen LogP contribution in [0.25, 0.3) is 27.6 Å². The molecule has 3 heterocycles. The maximum atomic E-state index is 12.8. The fourth-order valence-electron chi connectivity index (χ4n) is 4.54. The Morgan fingerprint density at radius 1 is 1.18 bits per heavy atom. The number of ether oxygens (including phenoxy) is 1. The van der Waals surface area contributed by atoms with Gasteiger partial charge in [0.05, 0.1) is 24.0 Å². The van der Waals surface area contributed by atoms with E-state index in [4.69, 9.17) is 14.3 Å². The van der Waals surface area contributed by atoms with Crippen LogP contribution in [0.3, 0.4) is 0 Å². The number of hydrogen-bond acceptors (Lipinski definition) is 5. The molecule has 0 spiro atoms. The van der Waals surface area contributed by atoms with Gasteiger partial charge in [-0.1, -0.05) is 18.2 Å². The van der Waals surface area contributed by atoms with Gasteiger partial charge < -0.3 is 14.5 Å². The number of aryl methyl sites for hydroxylation is 1. The molecule has 0 radical (unpaired) electrons. The predicted molar refractivity (Wildman–Crippen MR) is 125 cm³/mol. The number of methoxy groups -OCH3 is 1. The number of carbonyl (C=O) groups excluding carboxylic acids is 1. The molecule has 33 heavy (non-hydrogen) atoms. The van der Waals surface area contributed by atoms with E-state index < -0.39 is 0 Å². The van der Waals surface area contributed by atoms with Crippen molar-refractivity contribution in [3.8, 4) is 11.4 Å². The average molecular weight is 438 g/mol. The highest BCUT2D eigenvalue weighted by atomic mass is 16.5. The van der Waals surface area contributed by atoms with Crippen LogP contribution in [-0.4, -0.2) is 33.8 Å². The van der Waals surface area contributed by atoms with E-state index in [2.05, 4.69) is 16.5 Å². The standard InChI is InChI=1S/C26H22N4O3/c1-32-19-7-9-22-20(14-19)23(10-11-27-22)30-15-17-12-18(6-8-21(17)29-30)28-26(31)25-13-16-4-2-3-5-24(16)33-25/h2-5,7,9-11,13-15,18H,6,8,12H2,1H3,(H,28,31). The van der Waals surface area contributed by atoms with Gasteiger partial charge in [-0.25, -0.2) is 4.68 Å². The molecule has 164 valence electrons. The second-order valence-corrected chi connectivity index (χ2v) is 8.32. The first-order valence-electron chi connectivity index (χ1n) is 11.0. The van der Waals surface area contributed by atoms with Crippen molar-refractivity contribution >= 4 is 27.8 Å². The first kappa shape index (κ1) is 19.5. The SMILES string of the molecule is COc1ccc2nccc(-n3cc4c(n3)CCC(NC(=O)c3cc5ccccc5o3)C4)c2c1. The van der Waals surface area contributed by atoms with Crippen LogP contribution in [0.5, 0.6) is 5.75 Å². The van der Waals surface area contributed by atoms with E-state index in [-0.39, 0.29) is 11.9 Å². The number of carbonyl (C=O) groups is 1. The zero-order valence-electron chi connectivity index (χ0n) is 18.1. The summed E-state index contributed by atoms with van der Waals surface area (Å²) in [6.45, 7) is 0. The third kappa shape index (κ3) is 3.51. The summed E-state index contributed by atoms with van der Waals surface area (Å²) in [6, 6.07) is 17.3. The minimum atomic E-state index is -0.181. The van der Waals surface area contributed by atoms with Crippen molar-refractivity contribution in [3.63, 3.8) is 0 Å². The van der Waals surface area contributed by atoms with Crippen LogP contribution in [0.4, 0.5) is 0 Å². The number of furan rings is 1. The van der Waals surface area contributed by atoms with Gasteiger partial charge in [0.2, 0.25) is 0 Å². The molecule has 0 saturated carbocycles. The molecule has 1 amide bonds. The van der Waals surface area contributed by atoms with E-state index in [0.29, 0.717) is 5.76 Å². The van der Waals surface area contributed by atoms with E-state index >= 15 is 0 Å².